The molecule has 2 fully saturated rings. The van der Waals surface area contributed by atoms with Crippen LogP contribution in [0, 0.1) is 5.92 Å². The number of carbonyl (C=O) groups excluding carboxylic acids is 3. The molecule has 1 aromatic heterocycles. The van der Waals surface area contributed by atoms with E-state index in [0.29, 0.717) is 63.3 Å². The molecule has 22 nitrogen and oxygen atoms in total. The lowest BCUT2D eigenvalue weighted by Gasteiger charge is -2.62. The predicted molar refractivity (Wildman–Crippen MR) is 342 cm³/mol. The summed E-state index contributed by atoms with van der Waals surface area (Å²) in [6.07, 6.45) is 15.9. The summed E-state index contributed by atoms with van der Waals surface area (Å²) in [5.74, 6) is 0.222. The number of hydrogen-bond donors (Lipinski definition) is 10. The highest BCUT2D eigenvalue weighted by Gasteiger charge is 2.73. The lowest BCUT2D eigenvalue weighted by Crippen LogP contribution is -2.74. The van der Waals surface area contributed by atoms with Crippen LogP contribution in [-0.4, -0.2) is 145 Å². The van der Waals surface area contributed by atoms with E-state index in [4.69, 9.17) is 10.5 Å². The van der Waals surface area contributed by atoms with Crippen LogP contribution in [0.3, 0.4) is 0 Å². The third kappa shape index (κ3) is 11.3. The third-order valence-electron chi connectivity index (χ3n) is 19.7. The molecule has 4 atom stereocenters. The van der Waals surface area contributed by atoms with Gasteiger partial charge in [0.2, 0.25) is 23.4 Å². The van der Waals surface area contributed by atoms with Crippen LogP contribution < -0.4 is 36.6 Å². The fourth-order valence-electron chi connectivity index (χ4n) is 15.1. The molecular weight excluding hydrogens is 1190 g/mol. The number of aromatic hydroxyl groups is 1. The number of aliphatic imine (C=N–C) groups is 1. The summed E-state index contributed by atoms with van der Waals surface area (Å²) in [7, 11) is -6.97. The van der Waals surface area contributed by atoms with E-state index in [9.17, 15) is 50.5 Å². The number of piperidine rings is 1. The van der Waals surface area contributed by atoms with Crippen LogP contribution in [0.15, 0.2) is 118 Å². The van der Waals surface area contributed by atoms with E-state index in [1.54, 1.807) is 18.2 Å². The number of guanidine groups is 1. The number of H-pyrrole nitrogens is 1. The van der Waals surface area contributed by atoms with Gasteiger partial charge in [0, 0.05) is 102 Å². The number of amides is 3. The van der Waals surface area contributed by atoms with E-state index in [0.717, 1.165) is 92.4 Å². The third-order valence-corrected chi connectivity index (χ3v) is 21.4. The zero-order chi connectivity index (χ0) is 63.9. The number of carbonyl (C=O) groups is 3. The predicted octanol–water partition coefficient (Wildman–Crippen LogP) is 6.59. The number of anilines is 2. The average Bonchev–Trinajstić information content (AvgIpc) is 1.41. The Morgan fingerprint density at radius 3 is 2.31 bits per heavy atom. The minimum Gasteiger partial charge on any atom is -0.504 e. The van der Waals surface area contributed by atoms with Gasteiger partial charge < -0.3 is 51.8 Å². The van der Waals surface area contributed by atoms with Gasteiger partial charge in [-0.3, -0.25) is 33.4 Å². The van der Waals surface area contributed by atoms with E-state index < -0.39 is 60.0 Å². The number of phenols is 1. The molecule has 3 aliphatic carbocycles. The molecule has 4 aliphatic heterocycles. The van der Waals surface area contributed by atoms with Gasteiger partial charge in [-0.25, -0.2) is 0 Å². The molecule has 1 spiro atoms. The van der Waals surface area contributed by atoms with Gasteiger partial charge in [-0.2, -0.15) is 21.4 Å². The van der Waals surface area contributed by atoms with Crippen LogP contribution in [0.4, 0.5) is 17.1 Å². The van der Waals surface area contributed by atoms with E-state index in [2.05, 4.69) is 41.0 Å². The number of benzene rings is 4. The van der Waals surface area contributed by atoms with Gasteiger partial charge in [0.05, 0.1) is 45.0 Å². The molecule has 4 aromatic carbocycles. The summed E-state index contributed by atoms with van der Waals surface area (Å²) < 4.78 is 76.6. The highest BCUT2D eigenvalue weighted by atomic mass is 32.2. The number of allylic oxidation sites excluding steroid dienone is 6. The van der Waals surface area contributed by atoms with E-state index in [-0.39, 0.29) is 59.5 Å². The zero-order valence-corrected chi connectivity index (χ0v) is 52.9. The minimum atomic E-state index is -4.47. The molecule has 5 heterocycles. The van der Waals surface area contributed by atoms with Crippen molar-refractivity contribution in [2.75, 3.05) is 63.1 Å². The van der Waals surface area contributed by atoms with Gasteiger partial charge in [-0.1, -0.05) is 44.6 Å². The number of ether oxygens (including phenoxy) is 1. The standard InChI is InChI=1S/C66H78N10O12S2/c1-63(2)46-33-42(89(82,83)84)20-23-49(46)74(5)52(63)13-8-6-9-14-53-64(3,4)47-34-43(90(85,86)87)21-24-50(47)76(53)29-11-7-10-15-55(78)70-37-57(80)71-36-56(79)68-27-12-28-69-62(67)72-41-19-22-48-44(32-41)45-35-66(81)54-31-40-18-25-51(77)60-58(40)65(66,61(88-60)59(45)73-48)26-30-75(54)38-39-16-17-39/h6,8-9,13-14,18-25,32-34,39,54,61,73,81H,7,10-12,15-17,26-31,35-38H2,1-5H3,(H8-,67,68,69,70,71,72,77,78,79,80,82,83,84,85,86,87)/p+1/t54-,61+,65+,66-/m1/s1. The molecule has 3 amide bonds. The lowest BCUT2D eigenvalue weighted by molar-refractivity contribution is -0.401. The van der Waals surface area contributed by atoms with Crippen molar-refractivity contribution in [3.8, 4) is 11.5 Å². The molecular formula is C66H79N10O12S2+. The van der Waals surface area contributed by atoms with E-state index in [1.165, 1.54) is 37.1 Å². The van der Waals surface area contributed by atoms with Crippen LogP contribution in [0.2, 0.25) is 0 Å². The molecule has 1 saturated carbocycles. The molecule has 11 N–H and O–H groups in total. The summed E-state index contributed by atoms with van der Waals surface area (Å²) in [6, 6.07) is 18.7. The first-order valence-electron chi connectivity index (χ1n) is 30.9. The van der Waals surface area contributed by atoms with Gasteiger partial charge in [0.1, 0.15) is 7.05 Å². The Labute approximate surface area is 523 Å². The Morgan fingerprint density at radius 2 is 1.57 bits per heavy atom. The fraction of sp³-hybridized carbons (Fsp3) is 0.439. The molecule has 5 aromatic rings. The van der Waals surface area contributed by atoms with Crippen LogP contribution in [0.5, 0.6) is 11.5 Å². The van der Waals surface area contributed by atoms with Crippen LogP contribution in [-0.2, 0) is 63.7 Å². The number of fused-ring (bicyclic) bond motifs is 6. The van der Waals surface area contributed by atoms with Crippen molar-refractivity contribution in [3.63, 3.8) is 0 Å². The van der Waals surface area contributed by atoms with Crippen molar-refractivity contribution in [2.24, 2.45) is 16.6 Å². The number of nitrogens with one attached hydrogen (secondary N) is 5. The van der Waals surface area contributed by atoms with Crippen molar-refractivity contribution < 1.29 is 59.9 Å². The molecule has 0 unspecified atom stereocenters. The van der Waals surface area contributed by atoms with Gasteiger partial charge in [-0.15, -0.1) is 0 Å². The van der Waals surface area contributed by atoms with Crippen molar-refractivity contribution in [2.45, 2.75) is 136 Å². The largest absolute Gasteiger partial charge is 0.504 e. The topological polar surface area (TPSA) is 321 Å². The maximum absolute atomic E-state index is 13.2. The Kier molecular flexibility index (Phi) is 16.2. The first kappa shape index (κ1) is 62.3. The Bertz CT molecular complexity index is 4180. The number of rotatable bonds is 22. The van der Waals surface area contributed by atoms with Crippen LogP contribution >= 0.6 is 0 Å². The average molecular weight is 1270 g/mol. The van der Waals surface area contributed by atoms with Crippen LogP contribution in [0.1, 0.15) is 119 Å². The Hall–Kier alpha value is -7.87. The normalized spacial score (nSPS) is 23.3. The van der Waals surface area contributed by atoms with Gasteiger partial charge in [0.15, 0.2) is 29.3 Å². The van der Waals surface area contributed by atoms with Crippen molar-refractivity contribution in [3.05, 3.63) is 136 Å². The monoisotopic (exact) mass is 1270 g/mol. The smallest absolute Gasteiger partial charge is 0.294 e. The first-order chi connectivity index (χ1) is 42.7. The van der Waals surface area contributed by atoms with Crippen molar-refractivity contribution >= 4 is 77.6 Å². The maximum Gasteiger partial charge on any atom is 0.294 e. The van der Waals surface area contributed by atoms with E-state index >= 15 is 0 Å². The number of nitrogens with two attached hydrogens (primary N) is 1. The molecule has 24 heteroatoms. The number of phenolic OH excluding ortho intramolecular Hbond substituents is 1. The second-order valence-corrected chi connectivity index (χ2v) is 29.0. The number of hydrogen-bond acceptors (Lipinski definition) is 13. The second-order valence-electron chi connectivity index (χ2n) is 26.1. The SMILES string of the molecule is C[N+]1=C(C=CC=CC=C2N(CCCCCC(=O)NCC(=O)NCC(=O)NCCCN=C(N)Nc3ccc4[nH]c5c(c4c3)C[C@@]3(O)[C@H]4Cc6ccc(O)c7c6[C@@]3(CCN4CC3CC3)[C@H]5O7)c3ccc(S(=O)(=O)O)cc3C2(C)C)C(C)(C)c2cc(S(=O)(=O)O)ccc21. The van der Waals surface area contributed by atoms with Gasteiger partial charge in [-0.05, 0) is 149 Å². The Morgan fingerprint density at radius 1 is 0.844 bits per heavy atom. The number of aromatic amines is 1. The lowest BCUT2D eigenvalue weighted by atomic mass is 9.49. The zero-order valence-electron chi connectivity index (χ0n) is 51.2. The molecule has 0 radical (unpaired) electrons. The fourth-order valence-corrected chi connectivity index (χ4v) is 16.1. The molecule has 1 saturated heterocycles. The molecule has 90 heavy (non-hydrogen) atoms. The van der Waals surface area contributed by atoms with Crippen LogP contribution in [0.25, 0.3) is 10.9 Å². The summed E-state index contributed by atoms with van der Waals surface area (Å²) in [4.78, 5) is 50.4. The maximum atomic E-state index is 13.2. The number of aliphatic hydroxyl groups is 1. The first-order valence-corrected chi connectivity index (χ1v) is 33.8. The minimum absolute atomic E-state index is 0.0876. The number of unbranched alkanes of at least 4 members (excludes halogenated alkanes) is 2. The van der Waals surface area contributed by atoms with Crippen molar-refractivity contribution in [1.29, 1.82) is 0 Å². The van der Waals surface area contributed by atoms with E-state index in [1.807, 2.05) is 94.0 Å². The molecule has 2 bridgehead atoms. The van der Waals surface area contributed by atoms with Crippen molar-refractivity contribution in [1.82, 2.24) is 25.8 Å². The Balaban J connectivity index is 0.577. The number of aromatic nitrogens is 1. The second kappa shape index (κ2) is 23.4. The molecule has 12 rings (SSSR count). The quantitative estimate of drug-likeness (QED) is 0.00872. The summed E-state index contributed by atoms with van der Waals surface area (Å²) >= 11 is 0. The van der Waals surface area contributed by atoms with Gasteiger partial charge in [0.25, 0.3) is 20.2 Å². The highest BCUT2D eigenvalue weighted by Crippen LogP contribution is 2.69. The summed E-state index contributed by atoms with van der Waals surface area (Å²) in [5, 5.41) is 36.4. The highest BCUT2D eigenvalue weighted by molar-refractivity contribution is 7.86. The molecule has 476 valence electrons. The number of likely N-dealkylation sites (tertiary alicyclic amines) is 1. The van der Waals surface area contributed by atoms with Gasteiger partial charge >= 0.3 is 0 Å². The number of nitrogens with zero attached hydrogens (tertiary/aromatic N) is 4. The summed E-state index contributed by atoms with van der Waals surface area (Å²) in [5.41, 5.74) is 13.9. The summed E-state index contributed by atoms with van der Waals surface area (Å²) in [6.45, 7) is 10.3. The molecule has 7 aliphatic rings.